The molecule has 5 nitrogen and oxygen atoms in total. The minimum Gasteiger partial charge on any atom is -0.444 e. The van der Waals surface area contributed by atoms with Gasteiger partial charge in [0, 0.05) is 18.8 Å². The van der Waals surface area contributed by atoms with Gasteiger partial charge in [-0.3, -0.25) is 0 Å². The molecule has 128 valence electrons. The Morgan fingerprint density at radius 3 is 2.61 bits per heavy atom. The summed E-state index contributed by atoms with van der Waals surface area (Å²) in [5.74, 6) is 0. The number of aliphatic hydroxyl groups is 1. The number of hydrogen-bond acceptors (Lipinski definition) is 4. The Kier molecular flexibility index (Phi) is 5.88. The molecule has 1 saturated heterocycles. The number of piperidine rings is 1. The van der Waals surface area contributed by atoms with Crippen molar-refractivity contribution < 1.29 is 14.6 Å². The van der Waals surface area contributed by atoms with Crippen LogP contribution in [0.5, 0.6) is 0 Å². The van der Waals surface area contributed by atoms with Gasteiger partial charge in [-0.1, -0.05) is 12.1 Å². The van der Waals surface area contributed by atoms with Crippen molar-refractivity contribution in [2.24, 2.45) is 0 Å². The molecular weight excluding hydrogens is 292 g/mol. The van der Waals surface area contributed by atoms with E-state index in [1.165, 1.54) is 19.3 Å². The lowest BCUT2D eigenvalue weighted by atomic mass is 10.0. The van der Waals surface area contributed by atoms with E-state index in [9.17, 15) is 9.90 Å². The van der Waals surface area contributed by atoms with E-state index in [1.54, 1.807) is 0 Å². The third-order valence-electron chi connectivity index (χ3n) is 3.87. The number of alkyl carbamates (subject to hydrolysis) is 1. The lowest BCUT2D eigenvalue weighted by Crippen LogP contribution is -2.36. The number of benzene rings is 1. The van der Waals surface area contributed by atoms with Crippen LogP contribution in [0.15, 0.2) is 24.3 Å². The number of amides is 1. The molecule has 23 heavy (non-hydrogen) atoms. The van der Waals surface area contributed by atoms with Crippen molar-refractivity contribution >= 4 is 11.8 Å². The van der Waals surface area contributed by atoms with Crippen molar-refractivity contribution in [3.8, 4) is 0 Å². The number of hydrogen-bond donors (Lipinski definition) is 2. The summed E-state index contributed by atoms with van der Waals surface area (Å²) < 4.78 is 5.27. The predicted octanol–water partition coefficient (Wildman–Crippen LogP) is 3.24. The van der Waals surface area contributed by atoms with Crippen molar-refractivity contribution in [1.82, 2.24) is 5.32 Å². The minimum atomic E-state index is -0.556. The lowest BCUT2D eigenvalue weighted by molar-refractivity contribution is 0.0482. The third-order valence-corrected chi connectivity index (χ3v) is 3.87. The number of ether oxygens (including phenoxy) is 1. The van der Waals surface area contributed by atoms with Crippen LogP contribution in [-0.4, -0.2) is 36.5 Å². The highest BCUT2D eigenvalue weighted by Gasteiger charge is 2.21. The molecule has 1 aromatic rings. The van der Waals surface area contributed by atoms with Crippen LogP contribution in [-0.2, 0) is 4.74 Å². The van der Waals surface area contributed by atoms with Crippen LogP contribution < -0.4 is 10.2 Å². The zero-order valence-electron chi connectivity index (χ0n) is 14.3. The van der Waals surface area contributed by atoms with Crippen LogP contribution in [0.25, 0.3) is 0 Å². The summed E-state index contributed by atoms with van der Waals surface area (Å²) in [5, 5.41) is 12.4. The Labute approximate surface area is 138 Å². The van der Waals surface area contributed by atoms with Gasteiger partial charge in [0.25, 0.3) is 0 Å². The van der Waals surface area contributed by atoms with Gasteiger partial charge >= 0.3 is 6.09 Å². The van der Waals surface area contributed by atoms with Crippen molar-refractivity contribution in [3.05, 3.63) is 29.8 Å². The normalized spacial score (nSPS) is 16.8. The van der Waals surface area contributed by atoms with E-state index in [1.807, 2.05) is 39.0 Å². The molecule has 0 aromatic heterocycles. The number of nitrogens with zero attached hydrogens (tertiary/aromatic N) is 1. The minimum absolute atomic E-state index is 0.164. The molecule has 5 heteroatoms. The maximum absolute atomic E-state index is 11.9. The van der Waals surface area contributed by atoms with Gasteiger partial charge in [0.1, 0.15) is 5.60 Å². The Balaban J connectivity index is 2.07. The van der Waals surface area contributed by atoms with Crippen molar-refractivity contribution in [2.75, 3.05) is 24.6 Å². The van der Waals surface area contributed by atoms with E-state index < -0.39 is 17.7 Å². The van der Waals surface area contributed by atoms with Crippen molar-refractivity contribution in [1.29, 1.82) is 0 Å². The number of aliphatic hydroxyl groups excluding tert-OH is 1. The highest BCUT2D eigenvalue weighted by Crippen LogP contribution is 2.24. The highest BCUT2D eigenvalue weighted by atomic mass is 16.6. The zero-order valence-corrected chi connectivity index (χ0v) is 14.3. The lowest BCUT2D eigenvalue weighted by Gasteiger charge is -2.30. The van der Waals surface area contributed by atoms with E-state index in [4.69, 9.17) is 4.74 Å². The van der Waals surface area contributed by atoms with Gasteiger partial charge in [-0.25, -0.2) is 4.79 Å². The summed E-state index contributed by atoms with van der Waals surface area (Å²) in [6, 6.07) is 7.56. The van der Waals surface area contributed by atoms with Gasteiger partial charge in [-0.05, 0) is 57.7 Å². The van der Waals surface area contributed by atoms with Crippen LogP contribution >= 0.6 is 0 Å². The fourth-order valence-corrected chi connectivity index (χ4v) is 2.77. The van der Waals surface area contributed by atoms with Crippen LogP contribution in [0, 0.1) is 0 Å². The fourth-order valence-electron chi connectivity index (χ4n) is 2.77. The highest BCUT2D eigenvalue weighted by molar-refractivity contribution is 5.68. The molecule has 1 fully saturated rings. The first-order valence-corrected chi connectivity index (χ1v) is 8.34. The topological polar surface area (TPSA) is 61.8 Å². The number of carbonyl (C=O) groups is 1. The van der Waals surface area contributed by atoms with E-state index in [2.05, 4.69) is 16.3 Å². The molecule has 2 rings (SSSR count). The number of rotatable bonds is 4. The molecule has 1 amide bonds. The average molecular weight is 320 g/mol. The smallest absolute Gasteiger partial charge is 0.408 e. The van der Waals surface area contributed by atoms with Gasteiger partial charge in [-0.15, -0.1) is 0 Å². The Morgan fingerprint density at radius 2 is 2.00 bits per heavy atom. The zero-order chi connectivity index (χ0) is 16.9. The van der Waals surface area contributed by atoms with E-state index >= 15 is 0 Å². The first-order valence-electron chi connectivity index (χ1n) is 8.34. The second-order valence-electron chi connectivity index (χ2n) is 7.02. The Bertz CT molecular complexity index is 519. The van der Waals surface area contributed by atoms with Gasteiger partial charge < -0.3 is 20.1 Å². The predicted molar refractivity (Wildman–Crippen MR) is 91.7 cm³/mol. The maximum atomic E-state index is 11.9. The number of nitrogens with one attached hydrogen (secondary N) is 1. The summed E-state index contributed by atoms with van der Waals surface area (Å²) in [6.07, 6.45) is 3.20. The molecule has 1 aliphatic rings. The molecule has 1 heterocycles. The van der Waals surface area contributed by atoms with Crippen molar-refractivity contribution in [3.63, 3.8) is 0 Å². The van der Waals surface area contributed by atoms with E-state index in [0.717, 1.165) is 24.3 Å². The average Bonchev–Trinajstić information content (AvgIpc) is 2.52. The molecule has 0 unspecified atom stereocenters. The fraction of sp³-hybridized carbons (Fsp3) is 0.611. The molecule has 1 aliphatic heterocycles. The molecule has 0 saturated carbocycles. The van der Waals surface area contributed by atoms with E-state index in [-0.39, 0.29) is 6.61 Å². The molecule has 2 N–H and O–H groups in total. The quantitative estimate of drug-likeness (QED) is 0.894. The Morgan fingerprint density at radius 1 is 1.30 bits per heavy atom. The molecular formula is C18H28N2O3. The van der Waals surface area contributed by atoms with Crippen LogP contribution in [0.3, 0.4) is 0 Å². The number of carbonyl (C=O) groups excluding carboxylic acids is 1. The number of anilines is 1. The Hall–Kier alpha value is -1.75. The SMILES string of the molecule is CC(C)(C)OC(=O)N[C@@H](CO)c1cccc(N2CCCCC2)c1. The second kappa shape index (κ2) is 7.68. The summed E-state index contributed by atoms with van der Waals surface area (Å²) in [7, 11) is 0. The van der Waals surface area contributed by atoms with Crippen LogP contribution in [0.4, 0.5) is 10.5 Å². The summed E-state index contributed by atoms with van der Waals surface area (Å²) in [4.78, 5) is 14.3. The first kappa shape index (κ1) is 17.6. The van der Waals surface area contributed by atoms with Crippen LogP contribution in [0.2, 0.25) is 0 Å². The van der Waals surface area contributed by atoms with Gasteiger partial charge in [-0.2, -0.15) is 0 Å². The van der Waals surface area contributed by atoms with Gasteiger partial charge in [0.2, 0.25) is 0 Å². The summed E-state index contributed by atoms with van der Waals surface area (Å²) >= 11 is 0. The monoisotopic (exact) mass is 320 g/mol. The largest absolute Gasteiger partial charge is 0.444 e. The van der Waals surface area contributed by atoms with Crippen molar-refractivity contribution in [2.45, 2.75) is 51.7 Å². The third kappa shape index (κ3) is 5.43. The second-order valence-corrected chi connectivity index (χ2v) is 7.02. The molecule has 0 bridgehead atoms. The maximum Gasteiger partial charge on any atom is 0.408 e. The van der Waals surface area contributed by atoms with E-state index in [0.29, 0.717) is 0 Å². The van der Waals surface area contributed by atoms with Gasteiger partial charge in [0.05, 0.1) is 12.6 Å². The molecule has 0 spiro atoms. The first-order chi connectivity index (χ1) is 10.9. The van der Waals surface area contributed by atoms with Gasteiger partial charge in [0.15, 0.2) is 0 Å². The van der Waals surface area contributed by atoms with Crippen LogP contribution in [0.1, 0.15) is 51.6 Å². The standard InChI is InChI=1S/C18H28N2O3/c1-18(2,3)23-17(22)19-16(13-21)14-8-7-9-15(12-14)20-10-5-4-6-11-20/h7-9,12,16,21H,4-6,10-11,13H2,1-3H3,(H,19,22)/t16-/m0/s1. The summed E-state index contributed by atoms with van der Waals surface area (Å²) in [5.41, 5.74) is 1.48. The molecule has 0 radical (unpaired) electrons. The molecule has 1 atom stereocenters. The summed E-state index contributed by atoms with van der Waals surface area (Å²) in [6.45, 7) is 7.41. The molecule has 0 aliphatic carbocycles. The molecule has 1 aromatic carbocycles.